The molecule has 0 fully saturated rings. The average Bonchev–Trinajstić information content (AvgIpc) is 2.81. The maximum Gasteiger partial charge on any atom is 0.142 e. The van der Waals surface area contributed by atoms with Crippen molar-refractivity contribution in [3.05, 3.63) is 45.1 Å². The maximum atomic E-state index is 6.05. The number of hydrogen-bond donors (Lipinski definition) is 1. The zero-order valence-corrected chi connectivity index (χ0v) is 12.8. The topological polar surface area (TPSA) is 21.3 Å². The molecule has 1 aromatic carbocycles. The van der Waals surface area contributed by atoms with Crippen LogP contribution in [-0.4, -0.2) is 6.61 Å². The van der Waals surface area contributed by atoms with Gasteiger partial charge in [-0.1, -0.05) is 18.5 Å². The monoisotopic (exact) mass is 295 g/mol. The lowest BCUT2D eigenvalue weighted by molar-refractivity contribution is 0.319. The average molecular weight is 296 g/mol. The predicted octanol–water partition coefficient (Wildman–Crippen LogP) is 5.11. The Morgan fingerprint density at radius 2 is 2.16 bits per heavy atom. The van der Waals surface area contributed by atoms with Crippen LogP contribution in [0.1, 0.15) is 23.8 Å². The summed E-state index contributed by atoms with van der Waals surface area (Å²) in [4.78, 5) is 1.33. The molecule has 0 aliphatic rings. The molecule has 0 amide bonds. The van der Waals surface area contributed by atoms with E-state index in [-0.39, 0.29) is 0 Å². The Balaban J connectivity index is 2.09. The van der Waals surface area contributed by atoms with Gasteiger partial charge in [0.2, 0.25) is 0 Å². The molecule has 2 rings (SSSR count). The number of nitrogens with one attached hydrogen (secondary N) is 1. The van der Waals surface area contributed by atoms with Crippen LogP contribution >= 0.6 is 22.9 Å². The summed E-state index contributed by atoms with van der Waals surface area (Å²) in [6.07, 6.45) is 0.992. The predicted molar refractivity (Wildman–Crippen MR) is 83.6 cm³/mol. The van der Waals surface area contributed by atoms with Crippen LogP contribution in [0.3, 0.4) is 0 Å². The Hall–Kier alpha value is -1.19. The van der Waals surface area contributed by atoms with Crippen LogP contribution in [0, 0.1) is 6.92 Å². The first-order chi connectivity index (χ1) is 9.20. The summed E-state index contributed by atoms with van der Waals surface area (Å²) in [7, 11) is 0. The molecule has 0 radical (unpaired) electrons. The van der Waals surface area contributed by atoms with E-state index in [1.165, 1.54) is 10.4 Å². The standard InChI is InChI=1S/C15H18ClNOS/c1-3-7-18-14-5-4-12(16)9-13(14)17-10-15-11(2)6-8-19-15/h4-6,8-9,17H,3,7,10H2,1-2H3. The van der Waals surface area contributed by atoms with E-state index in [0.29, 0.717) is 11.6 Å². The van der Waals surface area contributed by atoms with Gasteiger partial charge in [0.1, 0.15) is 5.75 Å². The minimum atomic E-state index is 0.717. The van der Waals surface area contributed by atoms with Gasteiger partial charge in [0, 0.05) is 16.4 Å². The zero-order valence-electron chi connectivity index (χ0n) is 11.2. The van der Waals surface area contributed by atoms with Crippen LogP contribution < -0.4 is 10.1 Å². The highest BCUT2D eigenvalue weighted by Crippen LogP contribution is 2.29. The normalized spacial score (nSPS) is 10.5. The van der Waals surface area contributed by atoms with Gasteiger partial charge in [0.05, 0.1) is 12.3 Å². The van der Waals surface area contributed by atoms with Crippen molar-refractivity contribution in [3.8, 4) is 5.75 Å². The quantitative estimate of drug-likeness (QED) is 0.799. The van der Waals surface area contributed by atoms with E-state index in [9.17, 15) is 0 Å². The van der Waals surface area contributed by atoms with Gasteiger partial charge in [-0.3, -0.25) is 0 Å². The lowest BCUT2D eigenvalue weighted by Gasteiger charge is -2.13. The van der Waals surface area contributed by atoms with E-state index in [2.05, 4.69) is 30.6 Å². The van der Waals surface area contributed by atoms with Gasteiger partial charge >= 0.3 is 0 Å². The molecule has 19 heavy (non-hydrogen) atoms. The van der Waals surface area contributed by atoms with Crippen LogP contribution in [0.25, 0.3) is 0 Å². The highest BCUT2D eigenvalue weighted by Gasteiger charge is 2.06. The van der Waals surface area contributed by atoms with Crippen molar-refractivity contribution < 1.29 is 4.74 Å². The number of ether oxygens (including phenoxy) is 1. The number of rotatable bonds is 6. The number of aryl methyl sites for hydroxylation is 1. The summed E-state index contributed by atoms with van der Waals surface area (Å²) in [5, 5.41) is 6.23. The van der Waals surface area contributed by atoms with Crippen LogP contribution in [0.4, 0.5) is 5.69 Å². The van der Waals surface area contributed by atoms with Crippen molar-refractivity contribution in [3.63, 3.8) is 0 Å². The first kappa shape index (κ1) is 14.2. The largest absolute Gasteiger partial charge is 0.491 e. The van der Waals surface area contributed by atoms with E-state index in [1.807, 2.05) is 18.2 Å². The smallest absolute Gasteiger partial charge is 0.142 e. The van der Waals surface area contributed by atoms with Gasteiger partial charge < -0.3 is 10.1 Å². The molecule has 1 heterocycles. The first-order valence-corrected chi connectivity index (χ1v) is 7.65. The van der Waals surface area contributed by atoms with Crippen molar-refractivity contribution in [2.75, 3.05) is 11.9 Å². The van der Waals surface area contributed by atoms with Crippen molar-refractivity contribution in [2.24, 2.45) is 0 Å². The molecule has 102 valence electrons. The molecule has 0 aliphatic carbocycles. The number of thiophene rings is 1. The van der Waals surface area contributed by atoms with Crippen LogP contribution in [-0.2, 0) is 6.54 Å². The molecular weight excluding hydrogens is 278 g/mol. The minimum Gasteiger partial charge on any atom is -0.491 e. The maximum absolute atomic E-state index is 6.05. The molecule has 0 unspecified atom stereocenters. The summed E-state index contributed by atoms with van der Waals surface area (Å²) in [6, 6.07) is 7.82. The van der Waals surface area contributed by atoms with Crippen LogP contribution in [0.2, 0.25) is 5.02 Å². The molecule has 0 saturated heterocycles. The fraction of sp³-hybridized carbons (Fsp3) is 0.333. The van der Waals surface area contributed by atoms with Gasteiger partial charge in [-0.15, -0.1) is 11.3 Å². The second-order valence-corrected chi connectivity index (χ2v) is 5.81. The molecular formula is C15H18ClNOS. The summed E-state index contributed by atoms with van der Waals surface area (Å²) < 4.78 is 5.72. The molecule has 0 aliphatic heterocycles. The third-order valence-electron chi connectivity index (χ3n) is 2.81. The van der Waals surface area contributed by atoms with Crippen LogP contribution in [0.15, 0.2) is 29.6 Å². The molecule has 0 atom stereocenters. The van der Waals surface area contributed by atoms with E-state index >= 15 is 0 Å². The molecule has 0 saturated carbocycles. The molecule has 2 nitrogen and oxygen atoms in total. The number of hydrogen-bond acceptors (Lipinski definition) is 3. The van der Waals surface area contributed by atoms with E-state index in [4.69, 9.17) is 16.3 Å². The summed E-state index contributed by atoms with van der Waals surface area (Å²) in [5.74, 6) is 0.862. The molecule has 4 heteroatoms. The minimum absolute atomic E-state index is 0.717. The molecule has 2 aromatic rings. The Bertz CT molecular complexity index is 539. The number of halogens is 1. The number of benzene rings is 1. The van der Waals surface area contributed by atoms with E-state index in [1.54, 1.807) is 11.3 Å². The fourth-order valence-corrected chi connectivity index (χ4v) is 2.76. The van der Waals surface area contributed by atoms with Gasteiger partial charge in [-0.2, -0.15) is 0 Å². The zero-order chi connectivity index (χ0) is 13.7. The lowest BCUT2D eigenvalue weighted by Crippen LogP contribution is -2.03. The van der Waals surface area contributed by atoms with Crippen molar-refractivity contribution in [1.82, 2.24) is 0 Å². The third-order valence-corrected chi connectivity index (χ3v) is 4.07. The molecule has 0 spiro atoms. The Morgan fingerprint density at radius 1 is 1.32 bits per heavy atom. The van der Waals surface area contributed by atoms with Gasteiger partial charge in [0.25, 0.3) is 0 Å². The summed E-state index contributed by atoms with van der Waals surface area (Å²) in [5.41, 5.74) is 2.27. The summed E-state index contributed by atoms with van der Waals surface area (Å²) >= 11 is 7.81. The second-order valence-electron chi connectivity index (χ2n) is 4.37. The van der Waals surface area contributed by atoms with Gasteiger partial charge in [0.15, 0.2) is 0 Å². The Kier molecular flexibility index (Phi) is 5.11. The second kappa shape index (κ2) is 6.83. The van der Waals surface area contributed by atoms with Crippen molar-refractivity contribution >= 4 is 28.6 Å². The third kappa shape index (κ3) is 3.88. The molecule has 1 N–H and O–H groups in total. The fourth-order valence-electron chi connectivity index (χ4n) is 1.74. The Morgan fingerprint density at radius 3 is 2.84 bits per heavy atom. The highest BCUT2D eigenvalue weighted by molar-refractivity contribution is 7.10. The van der Waals surface area contributed by atoms with Gasteiger partial charge in [-0.25, -0.2) is 0 Å². The highest BCUT2D eigenvalue weighted by atomic mass is 35.5. The van der Waals surface area contributed by atoms with Crippen LogP contribution in [0.5, 0.6) is 5.75 Å². The first-order valence-electron chi connectivity index (χ1n) is 6.40. The van der Waals surface area contributed by atoms with Crippen molar-refractivity contribution in [1.29, 1.82) is 0 Å². The van der Waals surface area contributed by atoms with Gasteiger partial charge in [-0.05, 0) is 48.6 Å². The SMILES string of the molecule is CCCOc1ccc(Cl)cc1NCc1sccc1C. The molecule has 1 aromatic heterocycles. The Labute approximate surface area is 123 Å². The lowest BCUT2D eigenvalue weighted by atomic mass is 10.2. The summed E-state index contributed by atoms with van der Waals surface area (Å²) in [6.45, 7) is 5.73. The number of anilines is 1. The van der Waals surface area contributed by atoms with Crippen molar-refractivity contribution in [2.45, 2.75) is 26.8 Å². The van der Waals surface area contributed by atoms with E-state index < -0.39 is 0 Å². The van der Waals surface area contributed by atoms with E-state index in [0.717, 1.165) is 24.4 Å². The molecule has 0 bridgehead atoms.